The average Bonchev–Trinajstić information content (AvgIpc) is 2.36. The maximum absolute atomic E-state index is 13.8. The molecule has 0 bridgehead atoms. The Labute approximate surface area is 114 Å². The Hall–Kier alpha value is -1.64. The third-order valence-corrected chi connectivity index (χ3v) is 2.97. The van der Waals surface area contributed by atoms with Gasteiger partial charge in [-0.3, -0.25) is 0 Å². The molecule has 0 aliphatic heterocycles. The first-order valence-corrected chi connectivity index (χ1v) is 6.41. The van der Waals surface area contributed by atoms with Crippen LogP contribution in [0.5, 0.6) is 0 Å². The summed E-state index contributed by atoms with van der Waals surface area (Å²) in [5, 5.41) is 0. The van der Waals surface area contributed by atoms with Gasteiger partial charge in [-0.2, -0.15) is 4.39 Å². The summed E-state index contributed by atoms with van der Waals surface area (Å²) in [7, 11) is 0. The summed E-state index contributed by atoms with van der Waals surface area (Å²) in [5.41, 5.74) is 2.22. The van der Waals surface area contributed by atoms with Gasteiger partial charge in [0.15, 0.2) is 0 Å². The molecule has 104 valence electrons. The summed E-state index contributed by atoms with van der Waals surface area (Å²) >= 11 is 0. The SMILES string of the molecule is CCOC(=O)/C(F)=C(\C)c1ccc(C(C)(C)C)cc1. The molecule has 1 aromatic carbocycles. The third kappa shape index (κ3) is 3.91. The van der Waals surface area contributed by atoms with E-state index < -0.39 is 11.8 Å². The minimum Gasteiger partial charge on any atom is -0.461 e. The summed E-state index contributed by atoms with van der Waals surface area (Å²) in [6.07, 6.45) is 0. The van der Waals surface area contributed by atoms with Gasteiger partial charge in [-0.15, -0.1) is 0 Å². The number of ether oxygens (including phenoxy) is 1. The van der Waals surface area contributed by atoms with Gasteiger partial charge in [-0.25, -0.2) is 4.79 Å². The molecule has 1 rings (SSSR count). The Morgan fingerprint density at radius 2 is 1.74 bits per heavy atom. The largest absolute Gasteiger partial charge is 0.461 e. The standard InChI is InChI=1S/C16H21FO2/c1-6-19-15(18)14(17)11(2)12-7-9-13(10-8-12)16(3,4)5/h7-10H,6H2,1-5H3/b14-11-. The molecule has 0 spiro atoms. The van der Waals surface area contributed by atoms with E-state index in [1.54, 1.807) is 13.8 Å². The molecule has 19 heavy (non-hydrogen) atoms. The zero-order valence-corrected chi connectivity index (χ0v) is 12.2. The number of halogens is 1. The summed E-state index contributed by atoms with van der Waals surface area (Å²) in [6, 6.07) is 7.57. The number of carbonyl (C=O) groups excluding carboxylic acids is 1. The van der Waals surface area contributed by atoms with Crippen LogP contribution in [-0.4, -0.2) is 12.6 Å². The molecule has 0 aliphatic carbocycles. The van der Waals surface area contributed by atoms with Crippen LogP contribution >= 0.6 is 0 Å². The Morgan fingerprint density at radius 1 is 1.21 bits per heavy atom. The zero-order valence-electron chi connectivity index (χ0n) is 12.2. The van der Waals surface area contributed by atoms with Crippen molar-refractivity contribution in [3.8, 4) is 0 Å². The van der Waals surface area contributed by atoms with Gasteiger partial charge in [0.05, 0.1) is 6.61 Å². The highest BCUT2D eigenvalue weighted by molar-refractivity contribution is 5.94. The smallest absolute Gasteiger partial charge is 0.367 e. The van der Waals surface area contributed by atoms with Crippen molar-refractivity contribution in [3.05, 3.63) is 41.2 Å². The van der Waals surface area contributed by atoms with Gasteiger partial charge in [0.2, 0.25) is 5.83 Å². The highest BCUT2D eigenvalue weighted by Crippen LogP contribution is 2.26. The first-order valence-electron chi connectivity index (χ1n) is 6.41. The maximum Gasteiger partial charge on any atom is 0.367 e. The molecule has 0 fully saturated rings. The van der Waals surface area contributed by atoms with Crippen LogP contribution in [0.1, 0.15) is 45.7 Å². The quantitative estimate of drug-likeness (QED) is 0.602. The fourth-order valence-corrected chi connectivity index (χ4v) is 1.69. The van der Waals surface area contributed by atoms with E-state index in [1.807, 2.05) is 24.3 Å². The molecule has 0 saturated heterocycles. The lowest BCUT2D eigenvalue weighted by molar-refractivity contribution is -0.140. The van der Waals surface area contributed by atoms with Crippen LogP contribution in [0.4, 0.5) is 4.39 Å². The van der Waals surface area contributed by atoms with Gasteiger partial charge in [-0.05, 0) is 36.0 Å². The van der Waals surface area contributed by atoms with Crippen molar-refractivity contribution in [2.24, 2.45) is 0 Å². The molecule has 0 heterocycles. The predicted molar refractivity (Wildman–Crippen MR) is 75.5 cm³/mol. The number of esters is 1. The number of hydrogen-bond acceptors (Lipinski definition) is 2. The monoisotopic (exact) mass is 264 g/mol. The lowest BCUT2D eigenvalue weighted by Crippen LogP contribution is -2.10. The molecule has 0 amide bonds. The van der Waals surface area contributed by atoms with E-state index >= 15 is 0 Å². The second-order valence-electron chi connectivity index (χ2n) is 5.49. The second-order valence-corrected chi connectivity index (χ2v) is 5.49. The van der Waals surface area contributed by atoms with E-state index in [4.69, 9.17) is 0 Å². The van der Waals surface area contributed by atoms with Gasteiger partial charge in [0.1, 0.15) is 0 Å². The summed E-state index contributed by atoms with van der Waals surface area (Å²) in [5.74, 6) is -1.73. The molecular weight excluding hydrogens is 243 g/mol. The fourth-order valence-electron chi connectivity index (χ4n) is 1.69. The zero-order chi connectivity index (χ0) is 14.6. The van der Waals surface area contributed by atoms with Gasteiger partial charge in [0.25, 0.3) is 0 Å². The third-order valence-electron chi connectivity index (χ3n) is 2.97. The van der Waals surface area contributed by atoms with Gasteiger partial charge < -0.3 is 4.74 Å². The highest BCUT2D eigenvalue weighted by Gasteiger charge is 2.16. The average molecular weight is 264 g/mol. The number of allylic oxidation sites excluding steroid dienone is 1. The van der Waals surface area contributed by atoms with Crippen LogP contribution in [0, 0.1) is 0 Å². The number of benzene rings is 1. The van der Waals surface area contributed by atoms with Crippen LogP contribution in [-0.2, 0) is 14.9 Å². The molecule has 0 aromatic heterocycles. The molecule has 0 unspecified atom stereocenters. The highest BCUT2D eigenvalue weighted by atomic mass is 19.1. The van der Waals surface area contributed by atoms with E-state index in [0.29, 0.717) is 11.1 Å². The van der Waals surface area contributed by atoms with E-state index in [0.717, 1.165) is 0 Å². The lowest BCUT2D eigenvalue weighted by Gasteiger charge is -2.19. The van der Waals surface area contributed by atoms with Crippen LogP contribution in [0.2, 0.25) is 0 Å². The molecule has 3 heteroatoms. The summed E-state index contributed by atoms with van der Waals surface area (Å²) in [6.45, 7) is 9.75. The Balaban J connectivity index is 3.04. The van der Waals surface area contributed by atoms with Crippen LogP contribution in [0.25, 0.3) is 5.57 Å². The molecular formula is C16H21FO2. The Bertz CT molecular complexity index is 478. The lowest BCUT2D eigenvalue weighted by atomic mass is 9.86. The number of hydrogen-bond donors (Lipinski definition) is 0. The van der Waals surface area contributed by atoms with Crippen LogP contribution < -0.4 is 0 Å². The van der Waals surface area contributed by atoms with E-state index in [1.165, 1.54) is 5.56 Å². The molecule has 0 N–H and O–H groups in total. The van der Waals surface area contributed by atoms with Crippen molar-refractivity contribution in [2.45, 2.75) is 40.0 Å². The van der Waals surface area contributed by atoms with Gasteiger partial charge in [-0.1, -0.05) is 45.0 Å². The normalized spacial score (nSPS) is 12.9. The molecule has 0 saturated carbocycles. The van der Waals surface area contributed by atoms with Crippen molar-refractivity contribution < 1.29 is 13.9 Å². The second kappa shape index (κ2) is 6.00. The van der Waals surface area contributed by atoms with Crippen molar-refractivity contribution in [2.75, 3.05) is 6.61 Å². The molecule has 0 atom stereocenters. The van der Waals surface area contributed by atoms with Crippen molar-refractivity contribution in [3.63, 3.8) is 0 Å². The topological polar surface area (TPSA) is 26.3 Å². The number of rotatable bonds is 3. The van der Waals surface area contributed by atoms with E-state index in [9.17, 15) is 9.18 Å². The summed E-state index contributed by atoms with van der Waals surface area (Å²) in [4.78, 5) is 11.3. The van der Waals surface area contributed by atoms with Crippen LogP contribution in [0.3, 0.4) is 0 Å². The van der Waals surface area contributed by atoms with Gasteiger partial charge >= 0.3 is 5.97 Å². The minimum absolute atomic E-state index is 0.0514. The molecule has 0 radical (unpaired) electrons. The van der Waals surface area contributed by atoms with Crippen molar-refractivity contribution >= 4 is 11.5 Å². The fraction of sp³-hybridized carbons (Fsp3) is 0.438. The van der Waals surface area contributed by atoms with Gasteiger partial charge in [0, 0.05) is 0 Å². The molecule has 0 aliphatic rings. The minimum atomic E-state index is -0.903. The first kappa shape index (κ1) is 15.4. The van der Waals surface area contributed by atoms with Crippen molar-refractivity contribution in [1.29, 1.82) is 0 Å². The molecule has 2 nitrogen and oxygen atoms in total. The Morgan fingerprint density at radius 3 is 2.16 bits per heavy atom. The molecule has 1 aromatic rings. The maximum atomic E-state index is 13.8. The predicted octanol–water partition coefficient (Wildman–Crippen LogP) is 4.25. The van der Waals surface area contributed by atoms with E-state index in [-0.39, 0.29) is 12.0 Å². The van der Waals surface area contributed by atoms with E-state index in [2.05, 4.69) is 25.5 Å². The Kier molecular flexibility index (Phi) is 4.87. The van der Waals surface area contributed by atoms with Crippen molar-refractivity contribution in [1.82, 2.24) is 0 Å². The summed E-state index contributed by atoms with van der Waals surface area (Å²) < 4.78 is 18.5. The number of carbonyl (C=O) groups is 1. The first-order chi connectivity index (χ1) is 8.77. The van der Waals surface area contributed by atoms with Crippen LogP contribution in [0.15, 0.2) is 30.1 Å².